The molecule has 2 rings (SSSR count). The quantitative estimate of drug-likeness (QED) is 0.884. The molecule has 1 N–H and O–H groups in total. The fourth-order valence-electron chi connectivity index (χ4n) is 1.62. The van der Waals surface area contributed by atoms with Crippen LogP contribution >= 0.6 is 24.8 Å². The average Bonchev–Trinajstić information content (AvgIpc) is 2.54. The summed E-state index contributed by atoms with van der Waals surface area (Å²) in [5, 5.41) is 3.24. The third kappa shape index (κ3) is 4.12. The SMILES string of the molecule is Cc1cc(C)nc(OC2CCNC2)n1.Cl.Cl. The van der Waals surface area contributed by atoms with Crippen LogP contribution in [0.1, 0.15) is 17.8 Å². The van der Waals surface area contributed by atoms with Gasteiger partial charge in [-0.1, -0.05) is 0 Å². The van der Waals surface area contributed by atoms with Gasteiger partial charge in [-0.3, -0.25) is 0 Å². The van der Waals surface area contributed by atoms with Crippen molar-refractivity contribution in [2.75, 3.05) is 13.1 Å². The highest BCUT2D eigenvalue weighted by molar-refractivity contribution is 5.85. The molecular formula is C10H17Cl2N3O. The Balaban J connectivity index is 0.00000112. The van der Waals surface area contributed by atoms with Crippen LogP contribution in [-0.4, -0.2) is 29.2 Å². The van der Waals surface area contributed by atoms with Crippen molar-refractivity contribution >= 4 is 24.8 Å². The van der Waals surface area contributed by atoms with Gasteiger partial charge in [-0.25, -0.2) is 9.97 Å². The molecule has 0 bridgehead atoms. The predicted octanol–water partition coefficient (Wildman–Crippen LogP) is 1.68. The molecule has 0 aliphatic carbocycles. The number of rotatable bonds is 2. The first-order valence-corrected chi connectivity index (χ1v) is 4.94. The summed E-state index contributed by atoms with van der Waals surface area (Å²) in [6.45, 7) is 5.83. The van der Waals surface area contributed by atoms with Crippen LogP contribution in [0.25, 0.3) is 0 Å². The molecule has 0 radical (unpaired) electrons. The second-order valence-electron chi connectivity index (χ2n) is 3.67. The molecule has 92 valence electrons. The molecule has 1 atom stereocenters. The van der Waals surface area contributed by atoms with Gasteiger partial charge in [0.15, 0.2) is 0 Å². The fraction of sp³-hybridized carbons (Fsp3) is 0.600. The number of nitrogens with zero attached hydrogens (tertiary/aromatic N) is 2. The smallest absolute Gasteiger partial charge is 0.317 e. The highest BCUT2D eigenvalue weighted by Gasteiger charge is 2.17. The standard InChI is InChI=1S/C10H15N3O.2ClH/c1-7-5-8(2)13-10(12-7)14-9-3-4-11-6-9;;/h5,9,11H,3-4,6H2,1-2H3;2*1H. The normalized spacial score (nSPS) is 18.5. The van der Waals surface area contributed by atoms with E-state index in [0.29, 0.717) is 6.01 Å². The van der Waals surface area contributed by atoms with E-state index in [1.54, 1.807) is 0 Å². The van der Waals surface area contributed by atoms with Crippen molar-refractivity contribution in [1.29, 1.82) is 0 Å². The molecule has 6 heteroatoms. The third-order valence-corrected chi connectivity index (χ3v) is 2.25. The second kappa shape index (κ2) is 6.89. The van der Waals surface area contributed by atoms with Crippen LogP contribution < -0.4 is 10.1 Å². The lowest BCUT2D eigenvalue weighted by atomic mass is 10.3. The third-order valence-electron chi connectivity index (χ3n) is 2.25. The van der Waals surface area contributed by atoms with Gasteiger partial charge in [0, 0.05) is 17.9 Å². The maximum Gasteiger partial charge on any atom is 0.317 e. The summed E-state index contributed by atoms with van der Waals surface area (Å²) in [4.78, 5) is 8.47. The molecule has 1 fully saturated rings. The molecule has 1 unspecified atom stereocenters. The molecule has 16 heavy (non-hydrogen) atoms. The molecule has 1 aliphatic rings. The Hall–Kier alpha value is -0.580. The van der Waals surface area contributed by atoms with Crippen molar-refractivity contribution in [3.05, 3.63) is 17.5 Å². The first-order chi connectivity index (χ1) is 6.74. The Morgan fingerprint density at radius 2 is 1.88 bits per heavy atom. The number of ether oxygens (including phenoxy) is 1. The lowest BCUT2D eigenvalue weighted by molar-refractivity contribution is 0.203. The number of nitrogens with one attached hydrogen (secondary N) is 1. The monoisotopic (exact) mass is 265 g/mol. The van der Waals surface area contributed by atoms with Crippen LogP contribution in [0, 0.1) is 13.8 Å². The van der Waals surface area contributed by atoms with Gasteiger partial charge in [-0.15, -0.1) is 24.8 Å². The second-order valence-corrected chi connectivity index (χ2v) is 3.67. The number of aromatic nitrogens is 2. The van der Waals surface area contributed by atoms with Crippen LogP contribution in [0.4, 0.5) is 0 Å². The van der Waals surface area contributed by atoms with Gasteiger partial charge in [-0.2, -0.15) is 0 Å². The molecule has 1 aromatic rings. The van der Waals surface area contributed by atoms with E-state index in [9.17, 15) is 0 Å². The number of hydrogen-bond donors (Lipinski definition) is 1. The molecule has 2 heterocycles. The van der Waals surface area contributed by atoms with E-state index < -0.39 is 0 Å². The summed E-state index contributed by atoms with van der Waals surface area (Å²) in [5.74, 6) is 0. The zero-order valence-corrected chi connectivity index (χ0v) is 11.0. The molecule has 1 aliphatic heterocycles. The molecule has 0 amide bonds. The summed E-state index contributed by atoms with van der Waals surface area (Å²) in [7, 11) is 0. The molecule has 1 saturated heterocycles. The summed E-state index contributed by atoms with van der Waals surface area (Å²) in [6.07, 6.45) is 1.27. The summed E-state index contributed by atoms with van der Waals surface area (Å²) < 4.78 is 5.65. The van der Waals surface area contributed by atoms with Crippen molar-refractivity contribution in [1.82, 2.24) is 15.3 Å². The average molecular weight is 266 g/mol. The van der Waals surface area contributed by atoms with E-state index in [1.807, 2.05) is 19.9 Å². The highest BCUT2D eigenvalue weighted by Crippen LogP contribution is 2.11. The number of hydrogen-bond acceptors (Lipinski definition) is 4. The van der Waals surface area contributed by atoms with Crippen molar-refractivity contribution in [2.45, 2.75) is 26.4 Å². The molecule has 4 nitrogen and oxygen atoms in total. The largest absolute Gasteiger partial charge is 0.459 e. The Labute approximate surface area is 108 Å². The van der Waals surface area contributed by atoms with Gasteiger partial charge in [0.05, 0.1) is 0 Å². The highest BCUT2D eigenvalue weighted by atomic mass is 35.5. The summed E-state index contributed by atoms with van der Waals surface area (Å²) >= 11 is 0. The van der Waals surface area contributed by atoms with Crippen molar-refractivity contribution in [3.8, 4) is 6.01 Å². The van der Waals surface area contributed by atoms with Gasteiger partial charge in [-0.05, 0) is 32.9 Å². The maximum atomic E-state index is 5.65. The van der Waals surface area contributed by atoms with E-state index >= 15 is 0 Å². The van der Waals surface area contributed by atoms with Crippen molar-refractivity contribution in [3.63, 3.8) is 0 Å². The first kappa shape index (κ1) is 15.4. The van der Waals surface area contributed by atoms with Gasteiger partial charge in [0.1, 0.15) is 6.10 Å². The zero-order valence-electron chi connectivity index (χ0n) is 9.40. The minimum absolute atomic E-state index is 0. The number of aryl methyl sites for hydroxylation is 2. The number of halogens is 2. The topological polar surface area (TPSA) is 47.0 Å². The zero-order chi connectivity index (χ0) is 9.97. The van der Waals surface area contributed by atoms with Crippen LogP contribution in [0.5, 0.6) is 6.01 Å². The van der Waals surface area contributed by atoms with E-state index in [4.69, 9.17) is 4.74 Å². The summed E-state index contributed by atoms with van der Waals surface area (Å²) in [5.41, 5.74) is 1.91. The molecule has 0 aromatic carbocycles. The van der Waals surface area contributed by atoms with E-state index in [-0.39, 0.29) is 30.9 Å². The van der Waals surface area contributed by atoms with Crippen LogP contribution in [0.2, 0.25) is 0 Å². The van der Waals surface area contributed by atoms with E-state index in [2.05, 4.69) is 15.3 Å². The van der Waals surface area contributed by atoms with Gasteiger partial charge in [0.2, 0.25) is 0 Å². The predicted molar refractivity (Wildman–Crippen MR) is 67.9 cm³/mol. The minimum Gasteiger partial charge on any atom is -0.459 e. The minimum atomic E-state index is 0. The first-order valence-electron chi connectivity index (χ1n) is 4.94. The Kier molecular flexibility index (Phi) is 6.64. The maximum absolute atomic E-state index is 5.65. The van der Waals surface area contributed by atoms with Crippen LogP contribution in [0.15, 0.2) is 6.07 Å². The van der Waals surface area contributed by atoms with Crippen LogP contribution in [-0.2, 0) is 0 Å². The molecule has 0 spiro atoms. The molecule has 0 saturated carbocycles. The lowest BCUT2D eigenvalue weighted by Crippen LogP contribution is -2.20. The lowest BCUT2D eigenvalue weighted by Gasteiger charge is -2.10. The molecule has 1 aromatic heterocycles. The van der Waals surface area contributed by atoms with Gasteiger partial charge < -0.3 is 10.1 Å². The van der Waals surface area contributed by atoms with Crippen LogP contribution in [0.3, 0.4) is 0 Å². The Morgan fingerprint density at radius 3 is 2.38 bits per heavy atom. The molecular weight excluding hydrogens is 249 g/mol. The van der Waals surface area contributed by atoms with Crippen molar-refractivity contribution in [2.24, 2.45) is 0 Å². The summed E-state index contributed by atoms with van der Waals surface area (Å²) in [6, 6.07) is 2.45. The van der Waals surface area contributed by atoms with Crippen molar-refractivity contribution < 1.29 is 4.74 Å². The fourth-order valence-corrected chi connectivity index (χ4v) is 1.62. The van der Waals surface area contributed by atoms with E-state index in [1.165, 1.54) is 0 Å². The Morgan fingerprint density at radius 1 is 1.25 bits per heavy atom. The Bertz CT molecular complexity index is 310. The van der Waals surface area contributed by atoms with Gasteiger partial charge in [0.25, 0.3) is 0 Å². The van der Waals surface area contributed by atoms with Gasteiger partial charge >= 0.3 is 6.01 Å². The van der Waals surface area contributed by atoms with E-state index in [0.717, 1.165) is 30.9 Å².